The Hall–Kier alpha value is -2.04. The second kappa shape index (κ2) is 13.3. The van der Waals surface area contributed by atoms with Gasteiger partial charge in [0, 0.05) is 31.6 Å². The summed E-state index contributed by atoms with van der Waals surface area (Å²) in [5.41, 5.74) is 6.09. The van der Waals surface area contributed by atoms with Gasteiger partial charge in [-0.1, -0.05) is 26.0 Å². The number of carbonyl (C=O) groups is 2. The zero-order valence-electron chi connectivity index (χ0n) is 18.0. The Labute approximate surface area is 196 Å². The molecule has 1 aromatic rings. The smallest absolute Gasteiger partial charge is 0.255 e. The summed E-state index contributed by atoms with van der Waals surface area (Å²) in [5.74, 6) is 1.11. The van der Waals surface area contributed by atoms with Crippen molar-refractivity contribution in [2.75, 3.05) is 26.2 Å². The molecule has 0 atom stereocenters. The Balaban J connectivity index is 0.00000450. The van der Waals surface area contributed by atoms with Gasteiger partial charge in [0.15, 0.2) is 12.6 Å². The average Bonchev–Trinajstić information content (AvgIpc) is 2.71. The Morgan fingerprint density at radius 1 is 1.30 bits per heavy atom. The quantitative estimate of drug-likeness (QED) is 0.270. The van der Waals surface area contributed by atoms with Crippen molar-refractivity contribution in [1.82, 2.24) is 15.5 Å². The molecule has 1 aliphatic heterocycles. The molecule has 0 aliphatic carbocycles. The van der Waals surface area contributed by atoms with Gasteiger partial charge < -0.3 is 26.0 Å². The van der Waals surface area contributed by atoms with Crippen molar-refractivity contribution in [2.24, 2.45) is 16.6 Å². The molecule has 30 heavy (non-hydrogen) atoms. The largest absolute Gasteiger partial charge is 0.484 e. The highest BCUT2D eigenvalue weighted by Crippen LogP contribution is 2.15. The maximum absolute atomic E-state index is 12.1. The summed E-state index contributed by atoms with van der Waals surface area (Å²) >= 11 is 0. The van der Waals surface area contributed by atoms with Gasteiger partial charge in [-0.05, 0) is 37.5 Å². The number of amides is 2. The van der Waals surface area contributed by atoms with Crippen molar-refractivity contribution >= 4 is 41.8 Å². The van der Waals surface area contributed by atoms with Crippen molar-refractivity contribution in [3.05, 3.63) is 29.8 Å². The first-order chi connectivity index (χ1) is 13.9. The van der Waals surface area contributed by atoms with Crippen LogP contribution in [0.15, 0.2) is 29.3 Å². The first-order valence-corrected chi connectivity index (χ1v) is 10.2. The number of likely N-dealkylation sites (tertiary alicyclic amines) is 1. The summed E-state index contributed by atoms with van der Waals surface area (Å²) in [6.07, 6.45) is 1.80. The summed E-state index contributed by atoms with van der Waals surface area (Å²) in [6.45, 7) is 8.55. The molecule has 0 saturated carbocycles. The number of hydrogen-bond donors (Lipinski definition) is 3. The number of nitrogens with two attached hydrogens (primary N) is 1. The highest BCUT2D eigenvalue weighted by atomic mass is 127. The van der Waals surface area contributed by atoms with Gasteiger partial charge in [-0.25, -0.2) is 4.99 Å². The Morgan fingerprint density at radius 3 is 2.60 bits per heavy atom. The van der Waals surface area contributed by atoms with E-state index in [-0.39, 0.29) is 48.5 Å². The van der Waals surface area contributed by atoms with Gasteiger partial charge >= 0.3 is 0 Å². The summed E-state index contributed by atoms with van der Waals surface area (Å²) in [5, 5.41) is 6.75. The highest BCUT2D eigenvalue weighted by Gasteiger charge is 2.24. The third-order valence-corrected chi connectivity index (χ3v) is 4.68. The maximum atomic E-state index is 12.1. The minimum absolute atomic E-state index is 0. The number of benzene rings is 1. The minimum Gasteiger partial charge on any atom is -0.484 e. The number of primary amides is 1. The van der Waals surface area contributed by atoms with Crippen LogP contribution in [0.25, 0.3) is 0 Å². The molecule has 0 unspecified atom stereocenters. The van der Waals surface area contributed by atoms with Crippen LogP contribution in [0.5, 0.6) is 5.75 Å². The number of nitrogens with zero attached hydrogens (tertiary/aromatic N) is 2. The van der Waals surface area contributed by atoms with Crippen molar-refractivity contribution in [1.29, 1.82) is 0 Å². The molecular weight excluding hydrogens is 497 g/mol. The van der Waals surface area contributed by atoms with Crippen LogP contribution in [0.4, 0.5) is 0 Å². The number of rotatable bonds is 8. The van der Waals surface area contributed by atoms with E-state index in [1.54, 1.807) is 6.07 Å². The van der Waals surface area contributed by atoms with E-state index in [0.717, 1.165) is 44.0 Å². The SMILES string of the molecule is CCNC(=NCc1cccc(OCC(N)=O)c1)NC1CCN(C(=O)C(C)C)CC1.I. The Bertz CT molecular complexity index is 718. The van der Waals surface area contributed by atoms with Crippen LogP contribution < -0.4 is 21.1 Å². The van der Waals surface area contributed by atoms with Crippen molar-refractivity contribution in [3.8, 4) is 5.75 Å². The lowest BCUT2D eigenvalue weighted by Crippen LogP contribution is -2.50. The maximum Gasteiger partial charge on any atom is 0.255 e. The van der Waals surface area contributed by atoms with Crippen molar-refractivity contribution in [3.63, 3.8) is 0 Å². The molecule has 168 valence electrons. The molecule has 1 saturated heterocycles. The van der Waals surface area contributed by atoms with Gasteiger partial charge in [-0.3, -0.25) is 9.59 Å². The van der Waals surface area contributed by atoms with Crippen molar-refractivity contribution in [2.45, 2.75) is 46.2 Å². The monoisotopic (exact) mass is 531 g/mol. The standard InChI is InChI=1S/C21H33N5O3.HI/c1-4-23-21(25-17-8-10-26(11-9-17)20(28)15(2)3)24-13-16-6-5-7-18(12-16)29-14-19(22)27;/h5-7,12,15,17H,4,8-11,13-14H2,1-3H3,(H2,22,27)(H2,23,24,25);1H. The van der Waals surface area contributed by atoms with E-state index in [2.05, 4.69) is 15.6 Å². The van der Waals surface area contributed by atoms with Gasteiger partial charge in [0.1, 0.15) is 5.75 Å². The molecule has 0 spiro atoms. The van der Waals surface area contributed by atoms with E-state index >= 15 is 0 Å². The van der Waals surface area contributed by atoms with Gasteiger partial charge in [-0.2, -0.15) is 0 Å². The van der Waals surface area contributed by atoms with Crippen LogP contribution in [-0.2, 0) is 16.1 Å². The topological polar surface area (TPSA) is 109 Å². The van der Waals surface area contributed by atoms with Gasteiger partial charge in [0.2, 0.25) is 5.91 Å². The number of hydrogen-bond acceptors (Lipinski definition) is 4. The Morgan fingerprint density at radius 2 is 2.00 bits per heavy atom. The lowest BCUT2D eigenvalue weighted by atomic mass is 10.0. The fraction of sp³-hybridized carbons (Fsp3) is 0.571. The molecule has 0 bridgehead atoms. The number of guanidine groups is 1. The molecular formula is C21H34IN5O3. The first kappa shape index (κ1) is 26.0. The molecule has 4 N–H and O–H groups in total. The third-order valence-electron chi connectivity index (χ3n) is 4.68. The van der Waals surface area contributed by atoms with Crippen LogP contribution in [-0.4, -0.2) is 55.0 Å². The number of aliphatic imine (C=N–C) groups is 1. The average molecular weight is 531 g/mol. The molecule has 1 fully saturated rings. The van der Waals surface area contributed by atoms with E-state index in [1.165, 1.54) is 0 Å². The van der Waals surface area contributed by atoms with Crippen LogP contribution in [0.3, 0.4) is 0 Å². The Kier molecular flexibility index (Phi) is 11.5. The predicted octanol–water partition coefficient (Wildman–Crippen LogP) is 1.87. The minimum atomic E-state index is -0.506. The molecule has 2 rings (SSSR count). The van der Waals surface area contributed by atoms with Crippen LogP contribution in [0, 0.1) is 5.92 Å². The molecule has 2 amide bonds. The summed E-state index contributed by atoms with van der Waals surface area (Å²) in [4.78, 5) is 29.6. The van der Waals surface area contributed by atoms with Gasteiger partial charge in [-0.15, -0.1) is 24.0 Å². The summed E-state index contributed by atoms with van der Waals surface area (Å²) < 4.78 is 5.34. The van der Waals surface area contributed by atoms with E-state index in [1.807, 2.05) is 43.9 Å². The van der Waals surface area contributed by atoms with E-state index in [0.29, 0.717) is 12.3 Å². The fourth-order valence-electron chi connectivity index (χ4n) is 3.18. The summed E-state index contributed by atoms with van der Waals surface area (Å²) in [6, 6.07) is 7.75. The van der Waals surface area contributed by atoms with Gasteiger partial charge in [0.05, 0.1) is 6.54 Å². The number of piperidine rings is 1. The number of halogens is 1. The number of carbonyl (C=O) groups excluding carboxylic acids is 2. The second-order valence-electron chi connectivity index (χ2n) is 7.50. The van der Waals surface area contributed by atoms with E-state index in [4.69, 9.17) is 10.5 Å². The third kappa shape index (κ3) is 8.76. The molecule has 0 radical (unpaired) electrons. The van der Waals surface area contributed by atoms with E-state index in [9.17, 15) is 9.59 Å². The summed E-state index contributed by atoms with van der Waals surface area (Å²) in [7, 11) is 0. The molecule has 1 heterocycles. The lowest BCUT2D eigenvalue weighted by molar-refractivity contribution is -0.135. The molecule has 9 heteroatoms. The normalized spacial score (nSPS) is 14.8. The van der Waals surface area contributed by atoms with Crippen LogP contribution in [0.2, 0.25) is 0 Å². The molecule has 0 aromatic heterocycles. The van der Waals surface area contributed by atoms with Crippen LogP contribution >= 0.6 is 24.0 Å². The molecule has 8 nitrogen and oxygen atoms in total. The predicted molar refractivity (Wildman–Crippen MR) is 129 cm³/mol. The zero-order valence-corrected chi connectivity index (χ0v) is 20.3. The number of ether oxygens (including phenoxy) is 1. The first-order valence-electron chi connectivity index (χ1n) is 10.2. The van der Waals surface area contributed by atoms with Crippen molar-refractivity contribution < 1.29 is 14.3 Å². The lowest BCUT2D eigenvalue weighted by Gasteiger charge is -2.34. The number of nitrogens with one attached hydrogen (secondary N) is 2. The van der Waals surface area contributed by atoms with Gasteiger partial charge in [0.25, 0.3) is 5.91 Å². The van der Waals surface area contributed by atoms with Crippen LogP contribution in [0.1, 0.15) is 39.2 Å². The fourth-order valence-corrected chi connectivity index (χ4v) is 3.18. The molecule has 1 aromatic carbocycles. The second-order valence-corrected chi connectivity index (χ2v) is 7.50. The zero-order chi connectivity index (χ0) is 21.2. The molecule has 1 aliphatic rings. The van der Waals surface area contributed by atoms with E-state index < -0.39 is 5.91 Å². The highest BCUT2D eigenvalue weighted by molar-refractivity contribution is 14.0.